The monoisotopic (exact) mass is 294 g/mol. The number of hydrogen-bond donors (Lipinski definition) is 1. The highest BCUT2D eigenvalue weighted by molar-refractivity contribution is 6.34. The quantitative estimate of drug-likeness (QED) is 0.881. The number of aliphatic hydroxyl groups is 1. The van der Waals surface area contributed by atoms with Crippen LogP contribution in [0.15, 0.2) is 54.6 Å². The van der Waals surface area contributed by atoms with E-state index in [0.717, 1.165) is 16.0 Å². The molecule has 5 heteroatoms. The second-order valence-electron chi connectivity index (χ2n) is 5.15. The van der Waals surface area contributed by atoms with Gasteiger partial charge in [-0.25, -0.2) is 0 Å². The summed E-state index contributed by atoms with van der Waals surface area (Å²) in [6.45, 7) is 2.01. The number of hydrogen-bond acceptors (Lipinski definition) is 4. The third-order valence-corrected chi connectivity index (χ3v) is 3.55. The predicted molar refractivity (Wildman–Crippen MR) is 80.5 cm³/mol. The minimum absolute atomic E-state index is 0.0499. The standard InChI is InChI=1S/C17H14N2O3/c1-11-4-6-13(7-5-11)14-15(20)17(22)19(16(14)21)10-12-3-2-8-18-9-12/h2-9,20H,10H2,1H3. The second-order valence-corrected chi connectivity index (χ2v) is 5.15. The molecular formula is C17H14N2O3. The lowest BCUT2D eigenvalue weighted by Gasteiger charge is -2.14. The van der Waals surface area contributed by atoms with E-state index in [-0.39, 0.29) is 12.1 Å². The van der Waals surface area contributed by atoms with Gasteiger partial charge in [0.15, 0.2) is 5.76 Å². The molecule has 0 aliphatic carbocycles. The maximum absolute atomic E-state index is 12.5. The lowest BCUT2D eigenvalue weighted by molar-refractivity contribution is -0.138. The summed E-state index contributed by atoms with van der Waals surface area (Å²) in [6.07, 6.45) is 3.20. The number of carbonyl (C=O) groups excluding carboxylic acids is 2. The van der Waals surface area contributed by atoms with Crippen LogP contribution in [0.5, 0.6) is 0 Å². The van der Waals surface area contributed by atoms with Gasteiger partial charge in [0, 0.05) is 12.4 Å². The van der Waals surface area contributed by atoms with Gasteiger partial charge in [0.2, 0.25) is 0 Å². The third-order valence-electron chi connectivity index (χ3n) is 3.55. The van der Waals surface area contributed by atoms with E-state index in [2.05, 4.69) is 4.98 Å². The molecule has 5 nitrogen and oxygen atoms in total. The summed E-state index contributed by atoms with van der Waals surface area (Å²) < 4.78 is 0. The number of pyridine rings is 1. The summed E-state index contributed by atoms with van der Waals surface area (Å²) in [6, 6.07) is 10.6. The van der Waals surface area contributed by atoms with E-state index >= 15 is 0 Å². The minimum atomic E-state index is -0.676. The van der Waals surface area contributed by atoms with Crippen molar-refractivity contribution >= 4 is 17.4 Å². The van der Waals surface area contributed by atoms with E-state index in [1.807, 2.05) is 19.1 Å². The normalized spacial score (nSPS) is 14.9. The maximum Gasteiger partial charge on any atom is 0.296 e. The van der Waals surface area contributed by atoms with Crippen molar-refractivity contribution in [2.45, 2.75) is 13.5 Å². The molecular weight excluding hydrogens is 280 g/mol. The Balaban J connectivity index is 1.92. The molecule has 110 valence electrons. The van der Waals surface area contributed by atoms with Gasteiger partial charge >= 0.3 is 0 Å². The topological polar surface area (TPSA) is 70.5 Å². The highest BCUT2D eigenvalue weighted by Crippen LogP contribution is 2.29. The van der Waals surface area contributed by atoms with Crippen LogP contribution in [-0.4, -0.2) is 26.8 Å². The van der Waals surface area contributed by atoms with Crippen LogP contribution in [0.4, 0.5) is 0 Å². The van der Waals surface area contributed by atoms with Crippen LogP contribution in [0.3, 0.4) is 0 Å². The summed E-state index contributed by atoms with van der Waals surface area (Å²) in [5, 5.41) is 10.1. The number of benzene rings is 1. The first-order chi connectivity index (χ1) is 10.6. The minimum Gasteiger partial charge on any atom is -0.502 e. The fraction of sp³-hybridized carbons (Fsp3) is 0.118. The number of aryl methyl sites for hydroxylation is 1. The number of carbonyl (C=O) groups is 2. The van der Waals surface area contributed by atoms with Crippen LogP contribution in [0.25, 0.3) is 5.57 Å². The Kier molecular flexibility index (Phi) is 3.47. The van der Waals surface area contributed by atoms with Gasteiger partial charge in [0.05, 0.1) is 12.1 Å². The molecule has 3 rings (SSSR count). The van der Waals surface area contributed by atoms with Crippen molar-refractivity contribution < 1.29 is 14.7 Å². The van der Waals surface area contributed by atoms with Gasteiger partial charge in [-0.05, 0) is 24.1 Å². The lowest BCUT2D eigenvalue weighted by atomic mass is 10.0. The summed E-state index contributed by atoms with van der Waals surface area (Å²) in [4.78, 5) is 29.6. The zero-order valence-corrected chi connectivity index (χ0v) is 12.0. The highest BCUT2D eigenvalue weighted by Gasteiger charge is 2.39. The second kappa shape index (κ2) is 5.44. The van der Waals surface area contributed by atoms with E-state index in [0.29, 0.717) is 5.56 Å². The molecule has 0 saturated heterocycles. The highest BCUT2D eigenvalue weighted by atomic mass is 16.3. The van der Waals surface area contributed by atoms with Gasteiger partial charge in [-0.15, -0.1) is 0 Å². The molecule has 0 atom stereocenters. The van der Waals surface area contributed by atoms with Crippen LogP contribution in [0, 0.1) is 6.92 Å². The molecule has 1 aliphatic heterocycles. The molecule has 0 radical (unpaired) electrons. The van der Waals surface area contributed by atoms with Gasteiger partial charge in [-0.2, -0.15) is 0 Å². The predicted octanol–water partition coefficient (Wildman–Crippen LogP) is 2.23. The van der Waals surface area contributed by atoms with Crippen LogP contribution in [0.2, 0.25) is 0 Å². The fourth-order valence-electron chi connectivity index (χ4n) is 2.36. The molecule has 1 N–H and O–H groups in total. The number of aliphatic hydroxyl groups excluding tert-OH is 1. The number of rotatable bonds is 3. The zero-order chi connectivity index (χ0) is 15.7. The van der Waals surface area contributed by atoms with E-state index in [4.69, 9.17) is 0 Å². The number of nitrogens with zero attached hydrogens (tertiary/aromatic N) is 2. The van der Waals surface area contributed by atoms with Crippen molar-refractivity contribution in [1.29, 1.82) is 0 Å². The molecule has 2 aromatic rings. The van der Waals surface area contributed by atoms with Crippen molar-refractivity contribution in [3.8, 4) is 0 Å². The third kappa shape index (κ3) is 2.37. The molecule has 2 heterocycles. The van der Waals surface area contributed by atoms with Crippen molar-refractivity contribution in [3.63, 3.8) is 0 Å². The molecule has 0 spiro atoms. The first-order valence-electron chi connectivity index (χ1n) is 6.83. The Labute approximate surface area is 127 Å². The summed E-state index contributed by atoms with van der Waals surface area (Å²) >= 11 is 0. The van der Waals surface area contributed by atoms with Crippen LogP contribution >= 0.6 is 0 Å². The Hall–Kier alpha value is -2.95. The maximum atomic E-state index is 12.5. The molecule has 0 fully saturated rings. The summed E-state index contributed by atoms with van der Waals surface area (Å²) in [7, 11) is 0. The van der Waals surface area contributed by atoms with Gasteiger partial charge in [0.1, 0.15) is 0 Å². The molecule has 1 aromatic carbocycles. The average Bonchev–Trinajstić information content (AvgIpc) is 2.73. The smallest absolute Gasteiger partial charge is 0.296 e. The first-order valence-corrected chi connectivity index (χ1v) is 6.83. The van der Waals surface area contributed by atoms with E-state index in [1.54, 1.807) is 36.7 Å². The van der Waals surface area contributed by atoms with Crippen LogP contribution in [-0.2, 0) is 16.1 Å². The Morgan fingerprint density at radius 3 is 2.45 bits per heavy atom. The Morgan fingerprint density at radius 2 is 1.82 bits per heavy atom. The van der Waals surface area contributed by atoms with Gasteiger partial charge in [-0.3, -0.25) is 19.5 Å². The Bertz CT molecular complexity index is 764. The molecule has 0 saturated carbocycles. The largest absolute Gasteiger partial charge is 0.502 e. The SMILES string of the molecule is Cc1ccc(C2=C(O)C(=O)N(Cc3cccnc3)C2=O)cc1. The van der Waals surface area contributed by atoms with Gasteiger partial charge in [0.25, 0.3) is 11.8 Å². The zero-order valence-electron chi connectivity index (χ0n) is 12.0. The molecule has 22 heavy (non-hydrogen) atoms. The van der Waals surface area contributed by atoms with Crippen LogP contribution < -0.4 is 0 Å². The van der Waals surface area contributed by atoms with E-state index in [9.17, 15) is 14.7 Å². The van der Waals surface area contributed by atoms with Gasteiger partial charge < -0.3 is 5.11 Å². The fourth-order valence-corrected chi connectivity index (χ4v) is 2.36. The Morgan fingerprint density at radius 1 is 1.09 bits per heavy atom. The van der Waals surface area contributed by atoms with E-state index in [1.165, 1.54) is 0 Å². The first kappa shape index (κ1) is 14.0. The molecule has 0 unspecified atom stereocenters. The summed E-state index contributed by atoms with van der Waals surface area (Å²) in [5.41, 5.74) is 2.35. The molecule has 0 bridgehead atoms. The van der Waals surface area contributed by atoms with Crippen molar-refractivity contribution in [1.82, 2.24) is 9.88 Å². The molecule has 2 amide bonds. The number of aromatic nitrogens is 1. The van der Waals surface area contributed by atoms with Crippen molar-refractivity contribution in [2.75, 3.05) is 0 Å². The average molecular weight is 294 g/mol. The van der Waals surface area contributed by atoms with Crippen LogP contribution in [0.1, 0.15) is 16.7 Å². The summed E-state index contributed by atoms with van der Waals surface area (Å²) in [5.74, 6) is -1.67. The molecule has 1 aromatic heterocycles. The molecule has 1 aliphatic rings. The number of imide groups is 1. The van der Waals surface area contributed by atoms with Crippen molar-refractivity contribution in [3.05, 3.63) is 71.2 Å². The van der Waals surface area contributed by atoms with Gasteiger partial charge in [-0.1, -0.05) is 35.9 Å². The van der Waals surface area contributed by atoms with E-state index < -0.39 is 17.6 Å². The lowest BCUT2D eigenvalue weighted by Crippen LogP contribution is -2.31. The number of amides is 2. The van der Waals surface area contributed by atoms with Crippen molar-refractivity contribution in [2.24, 2.45) is 0 Å².